The minimum absolute atomic E-state index is 0.0473. The average molecular weight is 585 g/mol. The molecule has 10 nitrogen and oxygen atoms in total. The second kappa shape index (κ2) is 12.2. The Morgan fingerprint density at radius 3 is 2.42 bits per heavy atom. The van der Waals surface area contributed by atoms with Crippen LogP contribution in [0, 0.1) is 22.7 Å². The van der Waals surface area contributed by atoms with Gasteiger partial charge in [0, 0.05) is 37.0 Å². The summed E-state index contributed by atoms with van der Waals surface area (Å²) >= 11 is 6.47. The summed E-state index contributed by atoms with van der Waals surface area (Å²) in [5.74, 6) is -3.59. The lowest BCUT2D eigenvalue weighted by molar-refractivity contribution is -0.293. The minimum Gasteiger partial charge on any atom is -0.465 e. The summed E-state index contributed by atoms with van der Waals surface area (Å²) in [7, 11) is 0. The van der Waals surface area contributed by atoms with Gasteiger partial charge in [-0.1, -0.05) is 19.9 Å². The van der Waals surface area contributed by atoms with Gasteiger partial charge in [0.15, 0.2) is 0 Å². The van der Waals surface area contributed by atoms with E-state index in [1.165, 1.54) is 19.9 Å². The topological polar surface area (TPSA) is 146 Å². The van der Waals surface area contributed by atoms with Crippen molar-refractivity contribution in [1.29, 1.82) is 0 Å². The van der Waals surface area contributed by atoms with Crippen LogP contribution in [0.1, 0.15) is 67.2 Å². The van der Waals surface area contributed by atoms with E-state index >= 15 is 0 Å². The molecule has 0 unspecified atom stereocenters. The molecule has 40 heavy (non-hydrogen) atoms. The third-order valence-electron chi connectivity index (χ3n) is 9.42. The first-order chi connectivity index (χ1) is 18.6. The number of alkyl halides is 1. The fraction of sp³-hybridized carbons (Fsp3) is 0.724. The van der Waals surface area contributed by atoms with E-state index in [4.69, 9.17) is 30.5 Å². The van der Waals surface area contributed by atoms with Crippen LogP contribution in [0.3, 0.4) is 0 Å². The van der Waals surface area contributed by atoms with E-state index in [0.717, 1.165) is 0 Å². The number of hydrogen-bond donors (Lipinski definition) is 2. The molecule has 1 aliphatic heterocycles. The molecular formula is C29H41ClO10. The maximum atomic E-state index is 13.1. The van der Waals surface area contributed by atoms with Gasteiger partial charge < -0.3 is 29.2 Å². The molecule has 2 N–H and O–H groups in total. The lowest BCUT2D eigenvalue weighted by Crippen LogP contribution is -2.74. The van der Waals surface area contributed by atoms with Gasteiger partial charge in [-0.05, 0) is 50.9 Å². The van der Waals surface area contributed by atoms with Crippen molar-refractivity contribution in [2.45, 2.75) is 91.1 Å². The lowest BCUT2D eigenvalue weighted by Gasteiger charge is -2.67. The van der Waals surface area contributed by atoms with Crippen LogP contribution in [0.15, 0.2) is 23.3 Å². The van der Waals surface area contributed by atoms with E-state index in [0.29, 0.717) is 11.1 Å². The molecule has 2 aliphatic carbocycles. The highest BCUT2D eigenvalue weighted by Crippen LogP contribution is 2.66. The monoisotopic (exact) mass is 584 g/mol. The molecule has 2 saturated carbocycles. The number of allylic oxidation sites excluding steroid dienone is 1. The fourth-order valence-electron chi connectivity index (χ4n) is 7.04. The zero-order chi connectivity index (χ0) is 30.0. The Morgan fingerprint density at radius 1 is 1.23 bits per heavy atom. The second-order valence-corrected chi connectivity index (χ2v) is 12.0. The molecule has 0 amide bonds. The summed E-state index contributed by atoms with van der Waals surface area (Å²) in [5, 5.41) is 23.5. The van der Waals surface area contributed by atoms with E-state index in [-0.39, 0.29) is 50.7 Å². The summed E-state index contributed by atoms with van der Waals surface area (Å²) in [6.45, 7) is 9.29. The summed E-state index contributed by atoms with van der Waals surface area (Å²) < 4.78 is 22.5. The Kier molecular flexibility index (Phi) is 9.79. The van der Waals surface area contributed by atoms with Gasteiger partial charge in [0.05, 0.1) is 23.0 Å². The van der Waals surface area contributed by atoms with Crippen LogP contribution in [0.4, 0.5) is 0 Å². The van der Waals surface area contributed by atoms with Crippen molar-refractivity contribution < 1.29 is 48.3 Å². The standard InChI is InChI=1S/C29H41ClO10/c1-7-16(2)26(35)40-22-8-9-28(36,14-30)29(15-38-18(4)31)23(39-19(5)32)10-17(3)27(6,25(22)29)12-21(33)20-11-24(34)37-13-20/h7,11,17,21-23,25,33,36H,8-10,12-15H2,1-6H3/b16-7+/t17-,21+,22-,23+,25-,27+,28+,29-/m1/s1. The Labute approximate surface area is 240 Å². The van der Waals surface area contributed by atoms with Crippen LogP contribution >= 0.6 is 11.6 Å². The number of carbonyl (C=O) groups excluding carboxylic acids is 4. The smallest absolute Gasteiger partial charge is 0.333 e. The van der Waals surface area contributed by atoms with E-state index < -0.39 is 64.5 Å². The zero-order valence-corrected chi connectivity index (χ0v) is 24.8. The fourth-order valence-corrected chi connectivity index (χ4v) is 7.42. The van der Waals surface area contributed by atoms with Gasteiger partial charge in [-0.15, -0.1) is 11.6 Å². The molecule has 3 aliphatic rings. The van der Waals surface area contributed by atoms with Crippen LogP contribution in [-0.2, 0) is 38.1 Å². The van der Waals surface area contributed by atoms with Crippen LogP contribution < -0.4 is 0 Å². The summed E-state index contributed by atoms with van der Waals surface area (Å²) in [6, 6.07) is 0. The van der Waals surface area contributed by atoms with Crippen molar-refractivity contribution in [2.75, 3.05) is 19.1 Å². The number of halogens is 1. The molecule has 11 heteroatoms. The molecular weight excluding hydrogens is 544 g/mol. The minimum atomic E-state index is -1.69. The molecule has 1 heterocycles. The predicted molar refractivity (Wildman–Crippen MR) is 144 cm³/mol. The molecule has 2 fully saturated rings. The van der Waals surface area contributed by atoms with Crippen molar-refractivity contribution in [1.82, 2.24) is 0 Å². The molecule has 224 valence electrons. The van der Waals surface area contributed by atoms with Gasteiger partial charge in [0.1, 0.15) is 25.4 Å². The zero-order valence-electron chi connectivity index (χ0n) is 24.0. The van der Waals surface area contributed by atoms with Crippen LogP contribution in [0.2, 0.25) is 0 Å². The first kappa shape index (κ1) is 32.1. The Balaban J connectivity index is 2.26. The number of ether oxygens (including phenoxy) is 4. The lowest BCUT2D eigenvalue weighted by atomic mass is 9.41. The molecule has 3 rings (SSSR count). The highest BCUT2D eigenvalue weighted by atomic mass is 35.5. The number of hydrogen-bond acceptors (Lipinski definition) is 10. The number of aliphatic hydroxyl groups is 2. The average Bonchev–Trinajstić information content (AvgIpc) is 3.33. The molecule has 0 spiro atoms. The molecule has 0 aromatic heterocycles. The quantitative estimate of drug-likeness (QED) is 0.179. The van der Waals surface area contributed by atoms with Crippen LogP contribution in [0.5, 0.6) is 0 Å². The molecule has 0 bridgehead atoms. The summed E-state index contributed by atoms with van der Waals surface area (Å²) in [5.41, 5.74) is -3.27. The number of aliphatic hydroxyl groups excluding tert-OH is 1. The van der Waals surface area contributed by atoms with Gasteiger partial charge in [-0.25, -0.2) is 9.59 Å². The van der Waals surface area contributed by atoms with E-state index in [9.17, 15) is 29.4 Å². The maximum Gasteiger partial charge on any atom is 0.333 e. The number of rotatable bonds is 9. The van der Waals surface area contributed by atoms with E-state index in [2.05, 4.69) is 0 Å². The van der Waals surface area contributed by atoms with Gasteiger partial charge in [0.25, 0.3) is 0 Å². The van der Waals surface area contributed by atoms with Gasteiger partial charge >= 0.3 is 23.9 Å². The largest absolute Gasteiger partial charge is 0.465 e. The summed E-state index contributed by atoms with van der Waals surface area (Å²) in [4.78, 5) is 49.3. The highest BCUT2D eigenvalue weighted by molar-refractivity contribution is 6.18. The van der Waals surface area contributed by atoms with Crippen molar-refractivity contribution in [2.24, 2.45) is 22.7 Å². The van der Waals surface area contributed by atoms with E-state index in [1.54, 1.807) is 19.9 Å². The van der Waals surface area contributed by atoms with Crippen molar-refractivity contribution in [3.63, 3.8) is 0 Å². The first-order valence-corrected chi connectivity index (χ1v) is 14.2. The van der Waals surface area contributed by atoms with Gasteiger partial charge in [0.2, 0.25) is 0 Å². The second-order valence-electron chi connectivity index (χ2n) is 11.7. The SMILES string of the molecule is C/C=C(\C)C(=O)O[C@@H]1CC[C@](O)(CCl)[C@]2(COC(C)=O)[C@@H](OC(C)=O)C[C@@H](C)[C@](C)(C[C@H](O)C3=CC(=O)OC3)[C@@H]12. The van der Waals surface area contributed by atoms with Crippen molar-refractivity contribution in [3.8, 4) is 0 Å². The third-order valence-corrected chi connectivity index (χ3v) is 9.86. The van der Waals surface area contributed by atoms with E-state index in [1.807, 2.05) is 13.8 Å². The van der Waals surface area contributed by atoms with Crippen LogP contribution in [-0.4, -0.2) is 77.1 Å². The molecule has 0 saturated heterocycles. The van der Waals surface area contributed by atoms with Crippen LogP contribution in [0.25, 0.3) is 0 Å². The molecule has 0 aromatic carbocycles. The number of esters is 4. The number of carbonyl (C=O) groups is 4. The van der Waals surface area contributed by atoms with Crippen molar-refractivity contribution in [3.05, 3.63) is 23.3 Å². The molecule has 0 aromatic rings. The number of fused-ring (bicyclic) bond motifs is 1. The highest BCUT2D eigenvalue weighted by Gasteiger charge is 2.73. The predicted octanol–water partition coefficient (Wildman–Crippen LogP) is 3.01. The normalized spacial score (nSPS) is 36.6. The Bertz CT molecular complexity index is 1080. The number of cyclic esters (lactones) is 1. The maximum absolute atomic E-state index is 13.1. The third kappa shape index (κ3) is 5.81. The Morgan fingerprint density at radius 2 is 1.90 bits per heavy atom. The molecule has 8 atom stereocenters. The van der Waals surface area contributed by atoms with Crippen molar-refractivity contribution >= 4 is 35.5 Å². The first-order valence-electron chi connectivity index (χ1n) is 13.6. The Hall–Kier alpha value is -2.43. The van der Waals surface area contributed by atoms with Gasteiger partial charge in [-0.3, -0.25) is 9.59 Å². The van der Waals surface area contributed by atoms with Gasteiger partial charge in [-0.2, -0.15) is 0 Å². The summed E-state index contributed by atoms with van der Waals surface area (Å²) in [6.07, 6.45) is 0.715. The molecule has 0 radical (unpaired) electrons.